The zero-order valence-electron chi connectivity index (χ0n) is 18.4. The third-order valence-electron chi connectivity index (χ3n) is 3.93. The molecule has 0 fully saturated rings. The van der Waals surface area contributed by atoms with Gasteiger partial charge in [-0.25, -0.2) is 9.97 Å². The summed E-state index contributed by atoms with van der Waals surface area (Å²) < 4.78 is 6.04. The molecule has 0 spiro atoms. The van der Waals surface area contributed by atoms with Crippen LogP contribution in [0, 0.1) is 12.8 Å². The number of nitrogens with one attached hydrogen (secondary N) is 1. The Kier molecular flexibility index (Phi) is 11.8. The molecule has 31 heavy (non-hydrogen) atoms. The van der Waals surface area contributed by atoms with Crippen molar-refractivity contribution in [3.8, 4) is 12.8 Å². The molecule has 0 aliphatic carbocycles. The Morgan fingerprint density at radius 3 is 2.48 bits per heavy atom. The molecule has 0 bridgehead atoms. The Balaban J connectivity index is 0.00000233. The van der Waals surface area contributed by atoms with Crippen LogP contribution in [-0.4, -0.2) is 29.6 Å². The molecule has 0 unspecified atom stereocenters. The van der Waals surface area contributed by atoms with E-state index in [2.05, 4.69) is 39.1 Å². The highest BCUT2D eigenvalue weighted by Gasteiger charge is 2.11. The van der Waals surface area contributed by atoms with Crippen LogP contribution < -0.4 is 5.32 Å². The molecule has 0 aliphatic rings. The molecular weight excluding hydrogens is 454 g/mol. The van der Waals surface area contributed by atoms with E-state index in [1.54, 1.807) is 13.3 Å². The van der Waals surface area contributed by atoms with E-state index in [1.165, 1.54) is 0 Å². The average Bonchev–Trinajstić information content (AvgIpc) is 2.75. The second-order valence-electron chi connectivity index (χ2n) is 6.66. The Morgan fingerprint density at radius 1 is 1.23 bits per heavy atom. The Bertz CT molecular complexity index is 970. The molecule has 1 amide bonds. The number of halogens is 1. The standard InChI is InChI=1S/C23H26BrN3O2.C2H2/c1-5-18(7-6-12-29-4)21-15-25-23(20(26-21)13-16(2)3)27-22(28)14-17-8-10-19(24)11-9-17;1-2/h5-11,13,15H,12,14H2,1-4H3,(H,25,27,28);1-2H/b7-6-,18-5+;. The molecule has 0 atom stereocenters. The van der Waals surface area contributed by atoms with Crippen molar-refractivity contribution in [1.29, 1.82) is 0 Å². The van der Waals surface area contributed by atoms with Crippen molar-refractivity contribution in [2.24, 2.45) is 0 Å². The van der Waals surface area contributed by atoms with E-state index < -0.39 is 0 Å². The van der Waals surface area contributed by atoms with Crippen LogP contribution >= 0.6 is 15.9 Å². The molecule has 0 saturated carbocycles. The molecule has 0 saturated heterocycles. The number of rotatable bonds is 8. The number of nitrogens with zero attached hydrogens (tertiary/aromatic N) is 2. The van der Waals surface area contributed by atoms with Crippen LogP contribution in [0.2, 0.25) is 0 Å². The summed E-state index contributed by atoms with van der Waals surface area (Å²) in [5, 5.41) is 2.89. The fourth-order valence-electron chi connectivity index (χ4n) is 2.58. The molecule has 1 N–H and O–H groups in total. The van der Waals surface area contributed by atoms with Gasteiger partial charge in [0.05, 0.1) is 24.9 Å². The van der Waals surface area contributed by atoms with Gasteiger partial charge in [-0.15, -0.1) is 12.8 Å². The highest BCUT2D eigenvalue weighted by molar-refractivity contribution is 9.10. The monoisotopic (exact) mass is 481 g/mol. The van der Waals surface area contributed by atoms with Gasteiger partial charge in [-0.2, -0.15) is 0 Å². The van der Waals surface area contributed by atoms with Crippen molar-refractivity contribution >= 4 is 39.3 Å². The fraction of sp³-hybridized carbons (Fsp3) is 0.240. The van der Waals surface area contributed by atoms with Gasteiger partial charge < -0.3 is 10.1 Å². The van der Waals surface area contributed by atoms with E-state index in [9.17, 15) is 4.79 Å². The van der Waals surface area contributed by atoms with Gasteiger partial charge in [0.2, 0.25) is 5.91 Å². The first-order valence-electron chi connectivity index (χ1n) is 9.64. The van der Waals surface area contributed by atoms with Crippen LogP contribution in [0.15, 0.2) is 58.7 Å². The van der Waals surface area contributed by atoms with Gasteiger partial charge in [-0.3, -0.25) is 4.79 Å². The summed E-state index contributed by atoms with van der Waals surface area (Å²) in [5.41, 5.74) is 4.30. The zero-order chi connectivity index (χ0) is 23.2. The number of ether oxygens (including phenoxy) is 1. The maximum Gasteiger partial charge on any atom is 0.230 e. The smallest absolute Gasteiger partial charge is 0.230 e. The van der Waals surface area contributed by atoms with Crippen molar-refractivity contribution in [3.05, 3.63) is 75.7 Å². The SMILES string of the molecule is C#C.C/C=C(\C=C/COC)c1cnc(NC(=O)Cc2ccc(Br)cc2)c(C=C(C)C)n1. The number of amides is 1. The molecule has 6 heteroatoms. The fourth-order valence-corrected chi connectivity index (χ4v) is 2.84. The molecule has 0 radical (unpaired) electrons. The van der Waals surface area contributed by atoms with Gasteiger partial charge in [-0.05, 0) is 50.1 Å². The van der Waals surface area contributed by atoms with E-state index in [1.807, 2.05) is 69.3 Å². The van der Waals surface area contributed by atoms with Crippen molar-refractivity contribution in [2.45, 2.75) is 27.2 Å². The van der Waals surface area contributed by atoms with Crippen LogP contribution in [0.3, 0.4) is 0 Å². The minimum atomic E-state index is -0.135. The number of carbonyl (C=O) groups is 1. The third kappa shape index (κ3) is 9.12. The lowest BCUT2D eigenvalue weighted by molar-refractivity contribution is -0.115. The second-order valence-corrected chi connectivity index (χ2v) is 7.58. The number of hydrogen-bond acceptors (Lipinski definition) is 4. The van der Waals surface area contributed by atoms with E-state index >= 15 is 0 Å². The largest absolute Gasteiger partial charge is 0.381 e. The minimum absolute atomic E-state index is 0.135. The van der Waals surface area contributed by atoms with Crippen molar-refractivity contribution in [1.82, 2.24) is 9.97 Å². The molecule has 1 aromatic heterocycles. The lowest BCUT2D eigenvalue weighted by atomic mass is 10.1. The molecule has 2 aromatic rings. The summed E-state index contributed by atoms with van der Waals surface area (Å²) >= 11 is 3.40. The number of anilines is 1. The molecule has 0 aliphatic heterocycles. The molecule has 2 rings (SSSR count). The summed E-state index contributed by atoms with van der Waals surface area (Å²) in [4.78, 5) is 21.7. The summed E-state index contributed by atoms with van der Waals surface area (Å²) in [6, 6.07) is 7.67. The maximum atomic E-state index is 12.5. The summed E-state index contributed by atoms with van der Waals surface area (Å²) in [5.74, 6) is 0.317. The van der Waals surface area contributed by atoms with E-state index in [-0.39, 0.29) is 12.3 Å². The predicted molar refractivity (Wildman–Crippen MR) is 132 cm³/mol. The van der Waals surface area contributed by atoms with Gasteiger partial charge in [-0.1, -0.05) is 51.9 Å². The summed E-state index contributed by atoms with van der Waals surface area (Å²) in [6.07, 6.45) is 17.7. The normalized spacial score (nSPS) is 10.9. The predicted octanol–water partition coefficient (Wildman–Crippen LogP) is 5.70. The topological polar surface area (TPSA) is 64.1 Å². The minimum Gasteiger partial charge on any atom is -0.381 e. The quantitative estimate of drug-likeness (QED) is 0.387. The van der Waals surface area contributed by atoms with Crippen LogP contribution in [-0.2, 0) is 16.0 Å². The van der Waals surface area contributed by atoms with Crippen LogP contribution in [0.4, 0.5) is 5.82 Å². The number of terminal acetylenes is 1. The average molecular weight is 482 g/mol. The van der Waals surface area contributed by atoms with Crippen molar-refractivity contribution < 1.29 is 9.53 Å². The number of methoxy groups -OCH3 is 1. The number of benzene rings is 1. The highest BCUT2D eigenvalue weighted by atomic mass is 79.9. The molecule has 1 aromatic carbocycles. The lowest BCUT2D eigenvalue weighted by Crippen LogP contribution is -2.17. The van der Waals surface area contributed by atoms with Gasteiger partial charge in [0.1, 0.15) is 5.69 Å². The summed E-state index contributed by atoms with van der Waals surface area (Å²) in [6.45, 7) is 6.44. The Labute approximate surface area is 193 Å². The third-order valence-corrected chi connectivity index (χ3v) is 4.46. The number of carbonyl (C=O) groups excluding carboxylic acids is 1. The number of hydrogen-bond donors (Lipinski definition) is 1. The first-order chi connectivity index (χ1) is 14.9. The molecule has 1 heterocycles. The van der Waals surface area contributed by atoms with Gasteiger partial charge in [0, 0.05) is 11.6 Å². The van der Waals surface area contributed by atoms with Crippen LogP contribution in [0.1, 0.15) is 37.7 Å². The first-order valence-corrected chi connectivity index (χ1v) is 10.4. The van der Waals surface area contributed by atoms with Gasteiger partial charge in [0.15, 0.2) is 5.82 Å². The van der Waals surface area contributed by atoms with Crippen LogP contribution in [0.25, 0.3) is 11.6 Å². The highest BCUT2D eigenvalue weighted by Crippen LogP contribution is 2.20. The maximum absolute atomic E-state index is 12.5. The van der Waals surface area contributed by atoms with Crippen LogP contribution in [0.5, 0.6) is 0 Å². The Morgan fingerprint density at radius 2 is 1.90 bits per heavy atom. The lowest BCUT2D eigenvalue weighted by Gasteiger charge is -2.10. The molecular formula is C25H28BrN3O2. The first kappa shape index (κ1) is 26.0. The second kappa shape index (κ2) is 14.1. The molecule has 162 valence electrons. The number of allylic oxidation sites excluding steroid dienone is 4. The summed E-state index contributed by atoms with van der Waals surface area (Å²) in [7, 11) is 1.65. The van der Waals surface area contributed by atoms with Crippen molar-refractivity contribution in [3.63, 3.8) is 0 Å². The van der Waals surface area contributed by atoms with E-state index in [0.29, 0.717) is 18.1 Å². The van der Waals surface area contributed by atoms with Crippen molar-refractivity contribution in [2.75, 3.05) is 19.0 Å². The number of aromatic nitrogens is 2. The zero-order valence-corrected chi connectivity index (χ0v) is 19.9. The van der Waals surface area contributed by atoms with E-state index in [4.69, 9.17) is 9.72 Å². The molecule has 5 nitrogen and oxygen atoms in total. The van der Waals surface area contributed by atoms with Gasteiger partial charge in [0.25, 0.3) is 0 Å². The van der Waals surface area contributed by atoms with Gasteiger partial charge >= 0.3 is 0 Å². The van der Waals surface area contributed by atoms with E-state index in [0.717, 1.165) is 26.9 Å². The Hall–Kier alpha value is -3.01.